The molecule has 0 aromatic heterocycles. The van der Waals surface area contributed by atoms with Crippen molar-refractivity contribution in [3.05, 3.63) is 23.8 Å². The van der Waals surface area contributed by atoms with E-state index in [4.69, 9.17) is 5.73 Å². The predicted molar refractivity (Wildman–Crippen MR) is 77.2 cm³/mol. The largest absolute Gasteiger partial charge is 0.504 e. The van der Waals surface area contributed by atoms with Crippen molar-refractivity contribution in [3.8, 4) is 11.5 Å². The van der Waals surface area contributed by atoms with Gasteiger partial charge < -0.3 is 15.9 Å². The van der Waals surface area contributed by atoms with Gasteiger partial charge in [0.1, 0.15) is 0 Å². The second-order valence-electron chi connectivity index (χ2n) is 7.28. The Morgan fingerprint density at radius 2 is 1.50 bits per heavy atom. The van der Waals surface area contributed by atoms with Gasteiger partial charge in [0.2, 0.25) is 0 Å². The Bertz CT molecular complexity index is 500. The molecule has 108 valence electrons. The van der Waals surface area contributed by atoms with Gasteiger partial charge in [0, 0.05) is 6.04 Å². The van der Waals surface area contributed by atoms with E-state index in [2.05, 4.69) is 0 Å². The smallest absolute Gasteiger partial charge is 0.157 e. The van der Waals surface area contributed by atoms with Crippen molar-refractivity contribution in [2.75, 3.05) is 0 Å². The predicted octanol–water partition coefficient (Wildman–Crippen LogP) is 3.17. The standard InChI is InChI=1S/C17H23NO2/c18-17(11-1-2-14(19)15(20)8-11)16-12-4-9-3-10(6-12)7-13(16)5-9/h1-2,8-10,12-13,16-17,19-20H,3-7,18H2. The fourth-order valence-corrected chi connectivity index (χ4v) is 5.52. The molecule has 4 saturated carbocycles. The number of hydrogen-bond acceptors (Lipinski definition) is 3. The average Bonchev–Trinajstić information content (AvgIpc) is 2.40. The summed E-state index contributed by atoms with van der Waals surface area (Å²) in [6.45, 7) is 0. The topological polar surface area (TPSA) is 66.5 Å². The summed E-state index contributed by atoms with van der Waals surface area (Å²) in [5.41, 5.74) is 7.52. The maximum atomic E-state index is 9.69. The summed E-state index contributed by atoms with van der Waals surface area (Å²) in [6.07, 6.45) is 6.88. The van der Waals surface area contributed by atoms with Gasteiger partial charge in [-0.15, -0.1) is 0 Å². The first-order valence-corrected chi connectivity index (χ1v) is 7.89. The molecule has 0 radical (unpaired) electrons. The molecule has 4 bridgehead atoms. The van der Waals surface area contributed by atoms with Crippen LogP contribution in [0.4, 0.5) is 0 Å². The number of rotatable bonds is 2. The van der Waals surface area contributed by atoms with Crippen molar-refractivity contribution < 1.29 is 10.2 Å². The number of benzene rings is 1. The van der Waals surface area contributed by atoms with Gasteiger partial charge in [0.15, 0.2) is 11.5 Å². The monoisotopic (exact) mass is 273 g/mol. The lowest BCUT2D eigenvalue weighted by molar-refractivity contribution is -0.0471. The lowest BCUT2D eigenvalue weighted by atomic mass is 9.50. The third-order valence-corrected chi connectivity index (χ3v) is 6.10. The summed E-state index contributed by atoms with van der Waals surface area (Å²) < 4.78 is 0. The number of phenols is 2. The second-order valence-corrected chi connectivity index (χ2v) is 7.28. The SMILES string of the molecule is NC(c1ccc(O)c(O)c1)C1C2CC3CC(C2)CC1C3. The van der Waals surface area contributed by atoms with E-state index < -0.39 is 0 Å². The van der Waals surface area contributed by atoms with Crippen LogP contribution in [0, 0.1) is 29.6 Å². The van der Waals surface area contributed by atoms with Crippen LogP contribution in [0.15, 0.2) is 18.2 Å². The van der Waals surface area contributed by atoms with Crippen LogP contribution in [-0.4, -0.2) is 10.2 Å². The van der Waals surface area contributed by atoms with Crippen LogP contribution in [0.2, 0.25) is 0 Å². The molecule has 1 aromatic rings. The number of phenolic OH excluding ortho intramolecular Hbond substituents is 2. The third kappa shape index (κ3) is 1.83. The molecular weight excluding hydrogens is 250 g/mol. The zero-order valence-electron chi connectivity index (χ0n) is 11.7. The van der Waals surface area contributed by atoms with Crippen LogP contribution in [0.3, 0.4) is 0 Å². The van der Waals surface area contributed by atoms with E-state index >= 15 is 0 Å². The van der Waals surface area contributed by atoms with Crippen LogP contribution in [0.25, 0.3) is 0 Å². The van der Waals surface area contributed by atoms with E-state index in [-0.39, 0.29) is 17.5 Å². The Morgan fingerprint density at radius 3 is 2.05 bits per heavy atom. The summed E-state index contributed by atoms with van der Waals surface area (Å²) in [5, 5.41) is 19.1. The Labute approximate surface area is 119 Å². The minimum atomic E-state index is -0.0639. The number of hydrogen-bond donors (Lipinski definition) is 3. The first-order chi connectivity index (χ1) is 9.61. The van der Waals surface area contributed by atoms with Crippen LogP contribution in [-0.2, 0) is 0 Å². The molecule has 3 nitrogen and oxygen atoms in total. The molecule has 4 fully saturated rings. The van der Waals surface area contributed by atoms with Crippen molar-refractivity contribution in [2.45, 2.75) is 38.1 Å². The third-order valence-electron chi connectivity index (χ3n) is 6.10. The molecule has 0 aliphatic heterocycles. The van der Waals surface area contributed by atoms with E-state index in [1.54, 1.807) is 12.1 Å². The summed E-state index contributed by atoms with van der Waals surface area (Å²) in [6, 6.07) is 5.06. The number of aromatic hydroxyl groups is 2. The first kappa shape index (κ1) is 12.5. The maximum Gasteiger partial charge on any atom is 0.157 e. The van der Waals surface area contributed by atoms with Crippen LogP contribution >= 0.6 is 0 Å². The highest BCUT2D eigenvalue weighted by atomic mass is 16.3. The molecule has 5 rings (SSSR count). The zero-order valence-corrected chi connectivity index (χ0v) is 11.7. The molecule has 0 spiro atoms. The highest BCUT2D eigenvalue weighted by Gasteiger charge is 2.50. The Kier molecular flexibility index (Phi) is 2.75. The molecule has 20 heavy (non-hydrogen) atoms. The Balaban J connectivity index is 1.62. The normalized spacial score (nSPS) is 40.0. The minimum absolute atomic E-state index is 0.00324. The zero-order chi connectivity index (χ0) is 13.9. The Hall–Kier alpha value is -1.22. The van der Waals surface area contributed by atoms with Gasteiger partial charge in [-0.25, -0.2) is 0 Å². The second kappa shape index (κ2) is 4.39. The van der Waals surface area contributed by atoms with Gasteiger partial charge in [-0.1, -0.05) is 6.07 Å². The molecule has 3 heteroatoms. The van der Waals surface area contributed by atoms with Crippen LogP contribution < -0.4 is 5.73 Å². The highest BCUT2D eigenvalue weighted by molar-refractivity contribution is 5.41. The summed E-state index contributed by atoms with van der Waals surface area (Å²) in [4.78, 5) is 0. The van der Waals surface area contributed by atoms with Gasteiger partial charge in [0.05, 0.1) is 0 Å². The summed E-state index contributed by atoms with van der Waals surface area (Å²) in [5.74, 6) is 3.90. The van der Waals surface area contributed by atoms with E-state index in [9.17, 15) is 10.2 Å². The molecule has 0 amide bonds. The minimum Gasteiger partial charge on any atom is -0.504 e. The average molecular weight is 273 g/mol. The molecule has 4 aliphatic rings. The molecular formula is C17H23NO2. The van der Waals surface area contributed by atoms with E-state index in [0.29, 0.717) is 5.92 Å². The van der Waals surface area contributed by atoms with Gasteiger partial charge in [0.25, 0.3) is 0 Å². The fourth-order valence-electron chi connectivity index (χ4n) is 5.52. The molecule has 4 N–H and O–H groups in total. The first-order valence-electron chi connectivity index (χ1n) is 7.89. The lowest BCUT2D eigenvalue weighted by Crippen LogP contribution is -2.48. The van der Waals surface area contributed by atoms with E-state index in [1.807, 2.05) is 6.07 Å². The fraction of sp³-hybridized carbons (Fsp3) is 0.647. The lowest BCUT2D eigenvalue weighted by Gasteiger charge is -2.56. The maximum absolute atomic E-state index is 9.69. The molecule has 0 heterocycles. The molecule has 1 atom stereocenters. The summed E-state index contributed by atoms with van der Waals surface area (Å²) >= 11 is 0. The van der Waals surface area contributed by atoms with Gasteiger partial charge in [-0.3, -0.25) is 0 Å². The van der Waals surface area contributed by atoms with Gasteiger partial charge in [-0.2, -0.15) is 0 Å². The molecule has 4 aliphatic carbocycles. The van der Waals surface area contributed by atoms with Crippen LogP contribution in [0.1, 0.15) is 43.7 Å². The van der Waals surface area contributed by atoms with Gasteiger partial charge in [-0.05, 0) is 79.4 Å². The van der Waals surface area contributed by atoms with Crippen molar-refractivity contribution in [1.82, 2.24) is 0 Å². The molecule has 1 aromatic carbocycles. The van der Waals surface area contributed by atoms with Crippen LogP contribution in [0.5, 0.6) is 11.5 Å². The van der Waals surface area contributed by atoms with E-state index in [0.717, 1.165) is 29.2 Å². The van der Waals surface area contributed by atoms with E-state index in [1.165, 1.54) is 32.1 Å². The summed E-state index contributed by atoms with van der Waals surface area (Å²) in [7, 11) is 0. The van der Waals surface area contributed by atoms with Crippen molar-refractivity contribution in [2.24, 2.45) is 35.3 Å². The number of nitrogens with two attached hydrogens (primary N) is 1. The quantitative estimate of drug-likeness (QED) is 0.725. The van der Waals surface area contributed by atoms with Crippen molar-refractivity contribution >= 4 is 0 Å². The van der Waals surface area contributed by atoms with Crippen molar-refractivity contribution in [1.29, 1.82) is 0 Å². The molecule has 1 unspecified atom stereocenters. The molecule has 0 saturated heterocycles. The Morgan fingerprint density at radius 1 is 0.900 bits per heavy atom. The highest BCUT2D eigenvalue weighted by Crippen LogP contribution is 2.59. The van der Waals surface area contributed by atoms with Gasteiger partial charge >= 0.3 is 0 Å². The van der Waals surface area contributed by atoms with Crippen molar-refractivity contribution in [3.63, 3.8) is 0 Å².